The molecule has 27 heavy (non-hydrogen) atoms. The third-order valence-corrected chi connectivity index (χ3v) is 4.07. The Morgan fingerprint density at radius 2 is 1.78 bits per heavy atom. The Kier molecular flexibility index (Phi) is 8.75. The van der Waals surface area contributed by atoms with Crippen molar-refractivity contribution in [3.63, 3.8) is 0 Å². The number of likely N-dealkylation sites (tertiary alicyclic amines) is 1. The fraction of sp³-hybridized carbons (Fsp3) is 0.500. The molecule has 1 fully saturated rings. The van der Waals surface area contributed by atoms with Crippen LogP contribution in [0.3, 0.4) is 0 Å². The van der Waals surface area contributed by atoms with Crippen LogP contribution in [0, 0.1) is 11.3 Å². The Bertz CT molecular complexity index is 680. The molecule has 0 saturated carbocycles. The van der Waals surface area contributed by atoms with E-state index in [0.717, 1.165) is 19.6 Å². The molecule has 0 radical (unpaired) electrons. The predicted molar refractivity (Wildman–Crippen MR) is 92.1 cm³/mol. The molecule has 9 heteroatoms. The maximum absolute atomic E-state index is 12.4. The van der Waals surface area contributed by atoms with E-state index in [9.17, 15) is 18.0 Å². The SMILES string of the molecule is CN(CCN1CCCCC1)C(=O)c1ccccc1C#N.O=C(O)C(F)(F)F. The second kappa shape index (κ2) is 10.5. The lowest BCUT2D eigenvalue weighted by Crippen LogP contribution is -2.38. The highest BCUT2D eigenvalue weighted by molar-refractivity contribution is 5.96. The van der Waals surface area contributed by atoms with Gasteiger partial charge in [-0.25, -0.2) is 4.79 Å². The molecule has 0 aromatic heterocycles. The monoisotopic (exact) mass is 385 g/mol. The number of nitrogens with zero attached hydrogens (tertiary/aromatic N) is 3. The van der Waals surface area contributed by atoms with E-state index in [1.54, 1.807) is 36.2 Å². The normalized spacial score (nSPS) is 14.5. The molecule has 1 aromatic carbocycles. The highest BCUT2D eigenvalue weighted by atomic mass is 19.4. The van der Waals surface area contributed by atoms with Crippen LogP contribution in [0.5, 0.6) is 0 Å². The number of piperidine rings is 1. The number of benzene rings is 1. The molecule has 0 unspecified atom stereocenters. The number of rotatable bonds is 4. The zero-order valence-corrected chi connectivity index (χ0v) is 15.0. The number of amides is 1. The number of carbonyl (C=O) groups excluding carboxylic acids is 1. The van der Waals surface area contributed by atoms with Crippen LogP contribution < -0.4 is 0 Å². The van der Waals surface area contributed by atoms with E-state index >= 15 is 0 Å². The van der Waals surface area contributed by atoms with Gasteiger partial charge in [-0.3, -0.25) is 4.79 Å². The van der Waals surface area contributed by atoms with Crippen molar-refractivity contribution in [2.24, 2.45) is 0 Å². The van der Waals surface area contributed by atoms with Crippen LogP contribution in [-0.2, 0) is 4.79 Å². The van der Waals surface area contributed by atoms with E-state index in [2.05, 4.69) is 11.0 Å². The van der Waals surface area contributed by atoms with Gasteiger partial charge < -0.3 is 14.9 Å². The first-order valence-electron chi connectivity index (χ1n) is 8.44. The molecular formula is C18H22F3N3O3. The standard InChI is InChI=1S/C16H21N3O.C2HF3O2/c1-18(11-12-19-9-5-2-6-10-19)16(20)15-8-4-3-7-14(15)13-17;3-2(4,5)1(6)7/h3-4,7-8H,2,5-6,9-12H2,1H3;(H,6,7). The van der Waals surface area contributed by atoms with Crippen molar-refractivity contribution in [1.82, 2.24) is 9.80 Å². The number of hydrogen-bond donors (Lipinski definition) is 1. The number of alkyl halides is 3. The van der Waals surface area contributed by atoms with Crippen molar-refractivity contribution in [3.05, 3.63) is 35.4 Å². The summed E-state index contributed by atoms with van der Waals surface area (Å²) in [6.45, 7) is 3.89. The Labute approximate surface area is 155 Å². The minimum atomic E-state index is -5.08. The summed E-state index contributed by atoms with van der Waals surface area (Å²) >= 11 is 0. The lowest BCUT2D eigenvalue weighted by molar-refractivity contribution is -0.192. The molecule has 1 heterocycles. The zero-order valence-electron chi connectivity index (χ0n) is 15.0. The van der Waals surface area contributed by atoms with Crippen molar-refractivity contribution < 1.29 is 27.9 Å². The van der Waals surface area contributed by atoms with Crippen LogP contribution in [0.1, 0.15) is 35.2 Å². The number of halogens is 3. The zero-order chi connectivity index (χ0) is 20.4. The second-order valence-electron chi connectivity index (χ2n) is 6.09. The maximum Gasteiger partial charge on any atom is 0.490 e. The number of carboxylic acids is 1. The van der Waals surface area contributed by atoms with Crippen molar-refractivity contribution in [3.8, 4) is 6.07 Å². The molecule has 1 aliphatic heterocycles. The molecule has 1 saturated heterocycles. The summed E-state index contributed by atoms with van der Waals surface area (Å²) in [5.41, 5.74) is 0.943. The molecule has 2 rings (SSSR count). The molecule has 0 bridgehead atoms. The molecule has 1 aromatic rings. The lowest BCUT2D eigenvalue weighted by Gasteiger charge is -2.28. The van der Waals surface area contributed by atoms with E-state index < -0.39 is 12.1 Å². The van der Waals surface area contributed by atoms with Gasteiger partial charge in [-0.15, -0.1) is 0 Å². The minimum absolute atomic E-state index is 0.0702. The van der Waals surface area contributed by atoms with Crippen LogP contribution in [0.4, 0.5) is 13.2 Å². The number of carbonyl (C=O) groups is 2. The van der Waals surface area contributed by atoms with Crippen LogP contribution in [0.25, 0.3) is 0 Å². The van der Waals surface area contributed by atoms with Crippen molar-refractivity contribution in [2.75, 3.05) is 33.2 Å². The van der Waals surface area contributed by atoms with Gasteiger partial charge in [0.2, 0.25) is 0 Å². The maximum atomic E-state index is 12.4. The van der Waals surface area contributed by atoms with Crippen LogP contribution >= 0.6 is 0 Å². The molecule has 1 amide bonds. The van der Waals surface area contributed by atoms with Gasteiger partial charge in [0.1, 0.15) is 0 Å². The van der Waals surface area contributed by atoms with E-state index in [4.69, 9.17) is 15.2 Å². The molecule has 148 valence electrons. The summed E-state index contributed by atoms with van der Waals surface area (Å²) in [6.07, 6.45) is -1.25. The average Bonchev–Trinajstić information content (AvgIpc) is 2.66. The Morgan fingerprint density at radius 1 is 1.22 bits per heavy atom. The van der Waals surface area contributed by atoms with Crippen LogP contribution in [-0.4, -0.2) is 66.2 Å². The molecule has 1 N–H and O–H groups in total. The largest absolute Gasteiger partial charge is 0.490 e. The van der Waals surface area contributed by atoms with E-state index in [0.29, 0.717) is 17.7 Å². The first-order chi connectivity index (χ1) is 12.7. The fourth-order valence-corrected chi connectivity index (χ4v) is 2.55. The van der Waals surface area contributed by atoms with Gasteiger partial charge in [0.05, 0.1) is 17.2 Å². The number of nitriles is 1. The summed E-state index contributed by atoms with van der Waals surface area (Å²) in [4.78, 5) is 25.4. The third-order valence-electron chi connectivity index (χ3n) is 4.07. The number of likely N-dealkylation sites (N-methyl/N-ethyl adjacent to an activating group) is 1. The summed E-state index contributed by atoms with van der Waals surface area (Å²) < 4.78 is 31.7. The summed E-state index contributed by atoms with van der Waals surface area (Å²) in [6, 6.07) is 9.06. The second-order valence-corrected chi connectivity index (χ2v) is 6.09. The molecule has 1 aliphatic rings. The van der Waals surface area contributed by atoms with Gasteiger partial charge in [0.25, 0.3) is 5.91 Å². The molecule has 0 aliphatic carbocycles. The Morgan fingerprint density at radius 3 is 2.30 bits per heavy atom. The fourth-order valence-electron chi connectivity index (χ4n) is 2.55. The van der Waals surface area contributed by atoms with Gasteiger partial charge in [-0.05, 0) is 38.1 Å². The summed E-state index contributed by atoms with van der Waals surface area (Å²) in [7, 11) is 1.81. The van der Waals surface area contributed by atoms with E-state index in [1.165, 1.54) is 19.3 Å². The summed E-state index contributed by atoms with van der Waals surface area (Å²) in [5.74, 6) is -2.83. The van der Waals surface area contributed by atoms with Gasteiger partial charge in [0, 0.05) is 20.1 Å². The first-order valence-corrected chi connectivity index (χ1v) is 8.44. The van der Waals surface area contributed by atoms with E-state index in [1.807, 2.05) is 0 Å². The van der Waals surface area contributed by atoms with Crippen molar-refractivity contribution >= 4 is 11.9 Å². The van der Waals surface area contributed by atoms with Crippen LogP contribution in [0.2, 0.25) is 0 Å². The van der Waals surface area contributed by atoms with Crippen molar-refractivity contribution in [1.29, 1.82) is 5.26 Å². The molecule has 0 atom stereocenters. The molecule has 0 spiro atoms. The summed E-state index contributed by atoms with van der Waals surface area (Å²) in [5, 5.41) is 16.2. The minimum Gasteiger partial charge on any atom is -0.475 e. The topological polar surface area (TPSA) is 84.6 Å². The number of hydrogen-bond acceptors (Lipinski definition) is 4. The predicted octanol–water partition coefficient (Wildman–Crippen LogP) is 2.75. The van der Waals surface area contributed by atoms with Gasteiger partial charge in [-0.2, -0.15) is 18.4 Å². The van der Waals surface area contributed by atoms with Gasteiger partial charge >= 0.3 is 12.1 Å². The van der Waals surface area contributed by atoms with E-state index in [-0.39, 0.29) is 5.91 Å². The smallest absolute Gasteiger partial charge is 0.475 e. The lowest BCUT2D eigenvalue weighted by atomic mass is 10.1. The van der Waals surface area contributed by atoms with Gasteiger partial charge in [0.15, 0.2) is 0 Å². The Hall–Kier alpha value is -2.60. The first kappa shape index (κ1) is 22.4. The molecule has 6 nitrogen and oxygen atoms in total. The highest BCUT2D eigenvalue weighted by Crippen LogP contribution is 2.13. The Balaban J connectivity index is 0.000000445. The van der Waals surface area contributed by atoms with Crippen molar-refractivity contribution in [2.45, 2.75) is 25.4 Å². The van der Waals surface area contributed by atoms with Gasteiger partial charge in [-0.1, -0.05) is 18.6 Å². The average molecular weight is 385 g/mol. The highest BCUT2D eigenvalue weighted by Gasteiger charge is 2.38. The van der Waals surface area contributed by atoms with Crippen LogP contribution in [0.15, 0.2) is 24.3 Å². The number of carboxylic acid groups (broad SMARTS) is 1. The molecular weight excluding hydrogens is 363 g/mol. The number of aliphatic carboxylic acids is 1. The third kappa shape index (κ3) is 7.66. The quantitative estimate of drug-likeness (QED) is 0.862.